The third kappa shape index (κ3) is 5.51. The number of ether oxygens (including phenoxy) is 1. The molecular formula is C22H17BrClN3O4S. The summed E-state index contributed by atoms with van der Waals surface area (Å²) in [4.78, 5) is 37.5. The molecule has 2 N–H and O–H groups in total. The number of methoxy groups -OCH3 is 1. The van der Waals surface area contributed by atoms with Crippen LogP contribution in [0.3, 0.4) is 0 Å². The van der Waals surface area contributed by atoms with Crippen LogP contribution in [0.25, 0.3) is 0 Å². The van der Waals surface area contributed by atoms with Crippen LogP contribution in [0.4, 0.5) is 5.69 Å². The topological polar surface area (TPSA) is 108 Å². The van der Waals surface area contributed by atoms with Crippen LogP contribution in [0.5, 0.6) is 0 Å². The van der Waals surface area contributed by atoms with Crippen molar-refractivity contribution in [1.82, 2.24) is 5.32 Å². The minimum Gasteiger partial charge on any atom is -0.468 e. The van der Waals surface area contributed by atoms with E-state index in [1.165, 1.54) is 7.11 Å². The number of hydrogen-bond donors (Lipinski definition) is 2. The lowest BCUT2D eigenvalue weighted by Crippen LogP contribution is -2.44. The third-order valence-corrected chi connectivity index (χ3v) is 6.49. The van der Waals surface area contributed by atoms with Gasteiger partial charge in [-0.1, -0.05) is 51.4 Å². The van der Waals surface area contributed by atoms with E-state index < -0.39 is 23.7 Å². The first-order valence-corrected chi connectivity index (χ1v) is 11.5. The van der Waals surface area contributed by atoms with E-state index in [4.69, 9.17) is 16.3 Å². The summed E-state index contributed by atoms with van der Waals surface area (Å²) in [7, 11) is 1.18. The minimum atomic E-state index is -1.24. The highest BCUT2D eigenvalue weighted by Gasteiger charge is 2.44. The smallest absolute Gasteiger partial charge is 0.319 e. The molecule has 2 atom stereocenters. The van der Waals surface area contributed by atoms with Gasteiger partial charge in [0.25, 0.3) is 0 Å². The number of nitrogens with one attached hydrogen (secondary N) is 2. The maximum absolute atomic E-state index is 12.8. The number of nitrogens with zero attached hydrogens (tertiary/aromatic N) is 1. The predicted octanol–water partition coefficient (Wildman–Crippen LogP) is 4.21. The zero-order valence-corrected chi connectivity index (χ0v) is 19.9. The first kappa shape index (κ1) is 23.9. The van der Waals surface area contributed by atoms with Gasteiger partial charge >= 0.3 is 5.97 Å². The maximum atomic E-state index is 12.8. The molecule has 1 aliphatic heterocycles. The van der Waals surface area contributed by atoms with E-state index in [1.54, 1.807) is 48.5 Å². The molecule has 2 amide bonds. The van der Waals surface area contributed by atoms with Gasteiger partial charge in [0.15, 0.2) is 0 Å². The lowest BCUT2D eigenvalue weighted by molar-refractivity contribution is -0.150. The summed E-state index contributed by atoms with van der Waals surface area (Å²) in [5.41, 5.74) is 1.35. The Morgan fingerprint density at radius 3 is 2.47 bits per heavy atom. The molecule has 0 fully saturated rings. The highest BCUT2D eigenvalue weighted by molar-refractivity contribution is 9.10. The Balaban J connectivity index is 1.87. The monoisotopic (exact) mass is 533 g/mol. The molecule has 1 heterocycles. The maximum Gasteiger partial charge on any atom is 0.319 e. The number of anilines is 1. The molecule has 1 aliphatic rings. The second-order valence-electron chi connectivity index (χ2n) is 6.72. The van der Waals surface area contributed by atoms with Gasteiger partial charge in [0, 0.05) is 21.1 Å². The fourth-order valence-electron chi connectivity index (χ4n) is 3.22. The van der Waals surface area contributed by atoms with Crippen molar-refractivity contribution in [2.45, 2.75) is 5.92 Å². The van der Waals surface area contributed by atoms with Crippen molar-refractivity contribution >= 4 is 62.8 Å². The predicted molar refractivity (Wildman–Crippen MR) is 126 cm³/mol. The van der Waals surface area contributed by atoms with Crippen LogP contribution in [-0.2, 0) is 19.1 Å². The van der Waals surface area contributed by atoms with Crippen LogP contribution >= 0.6 is 39.3 Å². The fraction of sp³-hybridized carbons (Fsp3) is 0.182. The molecule has 0 radical (unpaired) electrons. The van der Waals surface area contributed by atoms with E-state index in [9.17, 15) is 19.6 Å². The van der Waals surface area contributed by atoms with Crippen molar-refractivity contribution < 1.29 is 19.1 Å². The number of thioether (sulfide) groups is 1. The van der Waals surface area contributed by atoms with E-state index in [0.717, 1.165) is 16.2 Å². The Hall–Kier alpha value is -2.80. The Bertz CT molecular complexity index is 1110. The number of nitriles is 1. The number of benzene rings is 2. The lowest BCUT2D eigenvalue weighted by Gasteiger charge is -2.30. The van der Waals surface area contributed by atoms with Gasteiger partial charge in [-0.25, -0.2) is 0 Å². The number of amides is 2. The summed E-state index contributed by atoms with van der Waals surface area (Å²) in [6.45, 7) is 0. The summed E-state index contributed by atoms with van der Waals surface area (Å²) in [5.74, 6) is -3.83. The molecule has 164 valence electrons. The van der Waals surface area contributed by atoms with E-state index in [1.807, 2.05) is 0 Å². The van der Waals surface area contributed by atoms with E-state index in [-0.39, 0.29) is 22.3 Å². The lowest BCUT2D eigenvalue weighted by atomic mass is 9.78. The molecule has 2 unspecified atom stereocenters. The number of esters is 1. The molecular weight excluding hydrogens is 518 g/mol. The normalized spacial score (nSPS) is 17.9. The summed E-state index contributed by atoms with van der Waals surface area (Å²) in [6, 6.07) is 15.7. The van der Waals surface area contributed by atoms with E-state index in [0.29, 0.717) is 16.3 Å². The molecule has 7 nitrogen and oxygen atoms in total. The molecule has 2 aromatic rings. The largest absolute Gasteiger partial charge is 0.468 e. The van der Waals surface area contributed by atoms with Crippen LogP contribution in [-0.4, -0.2) is 30.6 Å². The number of allylic oxidation sites excluding steroid dienone is 1. The van der Waals surface area contributed by atoms with Crippen molar-refractivity contribution in [3.05, 3.63) is 74.2 Å². The van der Waals surface area contributed by atoms with E-state index >= 15 is 0 Å². The van der Waals surface area contributed by atoms with Gasteiger partial charge in [-0.2, -0.15) is 5.26 Å². The molecule has 0 saturated carbocycles. The Morgan fingerprint density at radius 1 is 1.22 bits per heavy atom. The van der Waals surface area contributed by atoms with Gasteiger partial charge in [-0.15, -0.1) is 0 Å². The van der Waals surface area contributed by atoms with Crippen molar-refractivity contribution in [1.29, 1.82) is 5.26 Å². The summed E-state index contributed by atoms with van der Waals surface area (Å²) in [5, 5.41) is 15.9. The van der Waals surface area contributed by atoms with Crippen molar-refractivity contribution in [2.75, 3.05) is 18.2 Å². The molecule has 32 heavy (non-hydrogen) atoms. The Kier molecular flexibility index (Phi) is 7.96. The minimum absolute atomic E-state index is 0.0485. The average molecular weight is 535 g/mol. The zero-order chi connectivity index (χ0) is 23.3. The highest BCUT2D eigenvalue weighted by atomic mass is 79.9. The number of hydrogen-bond acceptors (Lipinski definition) is 6. The van der Waals surface area contributed by atoms with Crippen LogP contribution in [0, 0.1) is 17.2 Å². The van der Waals surface area contributed by atoms with Gasteiger partial charge in [0.1, 0.15) is 5.92 Å². The first-order chi connectivity index (χ1) is 15.3. The van der Waals surface area contributed by atoms with Gasteiger partial charge in [-0.05, 0) is 42.0 Å². The number of carbonyl (C=O) groups is 3. The second-order valence-corrected chi connectivity index (χ2v) is 9.06. The van der Waals surface area contributed by atoms with Crippen molar-refractivity contribution in [3.63, 3.8) is 0 Å². The van der Waals surface area contributed by atoms with Gasteiger partial charge < -0.3 is 15.4 Å². The zero-order valence-electron chi connectivity index (χ0n) is 16.7. The van der Waals surface area contributed by atoms with E-state index in [2.05, 4.69) is 32.6 Å². The summed E-state index contributed by atoms with van der Waals surface area (Å²) in [6.07, 6.45) is 0. The number of carbonyl (C=O) groups excluding carboxylic acids is 3. The van der Waals surface area contributed by atoms with Gasteiger partial charge in [-0.3, -0.25) is 14.4 Å². The van der Waals surface area contributed by atoms with Crippen LogP contribution in [0.1, 0.15) is 11.5 Å². The third-order valence-electron chi connectivity index (χ3n) is 4.69. The van der Waals surface area contributed by atoms with Crippen LogP contribution in [0.2, 0.25) is 5.02 Å². The highest BCUT2D eigenvalue weighted by Crippen LogP contribution is 2.40. The van der Waals surface area contributed by atoms with Gasteiger partial charge in [0.2, 0.25) is 11.8 Å². The molecule has 0 aromatic heterocycles. The molecule has 2 aromatic carbocycles. The molecule has 0 bridgehead atoms. The first-order valence-electron chi connectivity index (χ1n) is 9.30. The molecule has 0 aliphatic carbocycles. The molecule has 3 rings (SSSR count). The second kappa shape index (κ2) is 10.7. The SMILES string of the molecule is COC(=O)C1C(=O)NC(SCC(=O)Nc2ccc(Br)cc2)=C(C#N)C1c1ccc(Cl)cc1. The average Bonchev–Trinajstić information content (AvgIpc) is 2.78. The Labute approximate surface area is 202 Å². The fourth-order valence-corrected chi connectivity index (χ4v) is 4.46. The van der Waals surface area contributed by atoms with Crippen LogP contribution in [0.15, 0.2) is 63.6 Å². The number of halogens is 2. The van der Waals surface area contributed by atoms with Crippen molar-refractivity contribution in [3.8, 4) is 6.07 Å². The van der Waals surface area contributed by atoms with Crippen LogP contribution < -0.4 is 10.6 Å². The Morgan fingerprint density at radius 2 is 1.88 bits per heavy atom. The molecule has 0 saturated heterocycles. The van der Waals surface area contributed by atoms with Crippen molar-refractivity contribution in [2.24, 2.45) is 5.92 Å². The molecule has 0 spiro atoms. The summed E-state index contributed by atoms with van der Waals surface area (Å²) >= 11 is 10.3. The standard InChI is InChI=1S/C22H17BrClN3O4S/c1-31-22(30)19-18(12-2-6-14(24)7-3-12)16(10-25)21(27-20(19)29)32-11-17(28)26-15-8-4-13(23)5-9-15/h2-9,18-19H,11H2,1H3,(H,26,28)(H,27,29). The quantitative estimate of drug-likeness (QED) is 0.425. The summed E-state index contributed by atoms with van der Waals surface area (Å²) < 4.78 is 5.69. The number of rotatable bonds is 6. The van der Waals surface area contributed by atoms with Gasteiger partial charge in [0.05, 0.1) is 29.5 Å². The molecule has 10 heteroatoms.